The maximum Gasteiger partial charge on any atom is 0.339 e. The first kappa shape index (κ1) is 27.4. The van der Waals surface area contributed by atoms with E-state index < -0.39 is 5.97 Å². The zero-order valence-electron chi connectivity index (χ0n) is 23.6. The average molecular weight is 570 g/mol. The lowest BCUT2D eigenvalue weighted by molar-refractivity contribution is 0.0694. The van der Waals surface area contributed by atoms with Gasteiger partial charge in [0.25, 0.3) is 0 Å². The van der Waals surface area contributed by atoms with E-state index in [1.807, 2.05) is 42.6 Å². The number of piperidine rings is 1. The molecule has 0 atom stereocenters. The Morgan fingerprint density at radius 2 is 1.90 bits per heavy atom. The number of hydrogen-bond acceptors (Lipinski definition) is 4. The van der Waals surface area contributed by atoms with Gasteiger partial charge in [0.1, 0.15) is 22.7 Å². The van der Waals surface area contributed by atoms with Crippen LogP contribution >= 0.6 is 11.6 Å². The molecule has 6 rings (SSSR count). The van der Waals surface area contributed by atoms with Gasteiger partial charge in [-0.25, -0.2) is 9.78 Å². The van der Waals surface area contributed by atoms with Crippen LogP contribution < -0.4 is 9.64 Å². The molecule has 0 unspecified atom stereocenters. The first-order valence-corrected chi connectivity index (χ1v) is 14.8. The van der Waals surface area contributed by atoms with Crippen LogP contribution in [0.15, 0.2) is 72.6 Å². The molecule has 1 saturated heterocycles. The minimum Gasteiger partial charge on any atom is -0.478 e. The number of aromatic nitrogens is 2. The van der Waals surface area contributed by atoms with Crippen LogP contribution in [0.1, 0.15) is 68.3 Å². The predicted molar refractivity (Wildman–Crippen MR) is 165 cm³/mol. The summed E-state index contributed by atoms with van der Waals surface area (Å²) in [5.41, 5.74) is 6.64. The van der Waals surface area contributed by atoms with Gasteiger partial charge >= 0.3 is 5.97 Å². The highest BCUT2D eigenvalue weighted by atomic mass is 35.5. The number of fused-ring (bicyclic) bond motifs is 1. The smallest absolute Gasteiger partial charge is 0.339 e. The highest BCUT2D eigenvalue weighted by molar-refractivity contribution is 6.30. The number of aromatic amines is 1. The monoisotopic (exact) mass is 569 g/mol. The lowest BCUT2D eigenvalue weighted by Gasteiger charge is -2.37. The quantitative estimate of drug-likeness (QED) is 0.232. The fourth-order valence-electron chi connectivity index (χ4n) is 6.33. The summed E-state index contributed by atoms with van der Waals surface area (Å²) in [6.45, 7) is 6.62. The van der Waals surface area contributed by atoms with E-state index in [2.05, 4.69) is 40.8 Å². The molecule has 2 N–H and O–H groups in total. The molecule has 0 saturated carbocycles. The third kappa shape index (κ3) is 6.13. The molecule has 2 aliphatic rings. The number of pyridine rings is 1. The fourth-order valence-corrected chi connectivity index (χ4v) is 6.46. The third-order valence-electron chi connectivity index (χ3n) is 8.69. The lowest BCUT2D eigenvalue weighted by Crippen LogP contribution is -2.34. The zero-order valence-corrected chi connectivity index (χ0v) is 24.4. The first-order chi connectivity index (χ1) is 19.7. The molecule has 0 amide bonds. The van der Waals surface area contributed by atoms with E-state index in [0.29, 0.717) is 22.8 Å². The van der Waals surface area contributed by atoms with Gasteiger partial charge in [-0.2, -0.15) is 0 Å². The molecule has 0 spiro atoms. The normalized spacial score (nSPS) is 17.7. The maximum absolute atomic E-state index is 12.0. The highest BCUT2D eigenvalue weighted by Crippen LogP contribution is 2.45. The van der Waals surface area contributed by atoms with Crippen LogP contribution in [-0.2, 0) is 0 Å². The van der Waals surface area contributed by atoms with Crippen molar-refractivity contribution in [3.05, 3.63) is 88.7 Å². The minimum atomic E-state index is -1.01. The third-order valence-corrected chi connectivity index (χ3v) is 8.94. The van der Waals surface area contributed by atoms with Crippen LogP contribution in [0.25, 0.3) is 16.6 Å². The Bertz CT molecular complexity index is 1600. The second-order valence-electron chi connectivity index (χ2n) is 12.2. The average Bonchev–Trinajstić information content (AvgIpc) is 3.43. The largest absolute Gasteiger partial charge is 0.478 e. The Morgan fingerprint density at radius 3 is 2.66 bits per heavy atom. The van der Waals surface area contributed by atoms with E-state index in [1.54, 1.807) is 17.8 Å². The van der Waals surface area contributed by atoms with Crippen molar-refractivity contribution in [1.29, 1.82) is 0 Å². The number of hydrogen-bond donors (Lipinski definition) is 2. The van der Waals surface area contributed by atoms with Crippen molar-refractivity contribution in [2.75, 3.05) is 18.0 Å². The number of carbonyl (C=O) groups is 1. The van der Waals surface area contributed by atoms with Gasteiger partial charge in [-0.3, -0.25) is 0 Å². The summed E-state index contributed by atoms with van der Waals surface area (Å²) in [4.78, 5) is 21.7. The molecule has 0 radical (unpaired) electrons. The van der Waals surface area contributed by atoms with Gasteiger partial charge in [0.05, 0.1) is 6.20 Å². The van der Waals surface area contributed by atoms with E-state index in [9.17, 15) is 9.90 Å². The van der Waals surface area contributed by atoms with Crippen molar-refractivity contribution in [2.24, 2.45) is 11.3 Å². The molecule has 4 aromatic rings. The highest BCUT2D eigenvalue weighted by Gasteiger charge is 2.30. The molecule has 1 fully saturated rings. The van der Waals surface area contributed by atoms with E-state index in [4.69, 9.17) is 16.3 Å². The number of allylic oxidation sites excluding steroid dienone is 2. The summed E-state index contributed by atoms with van der Waals surface area (Å²) in [5.74, 6) is 0.464. The lowest BCUT2D eigenvalue weighted by atomic mass is 9.70. The second-order valence-corrected chi connectivity index (χ2v) is 12.7. The standard InChI is InChI=1S/C34H36ClN3O3/c1-34(2)13-9-24(30(20-34)23-3-5-26(35)6-4-23)17-22-11-15-38(16-12-22)27-7-8-29(33(39)40)31(19-27)41-28-18-25-10-14-36-32(25)37-21-28/h3-8,10,14,18-19,21-22H,9,11-13,15-17,20H2,1-2H3,(H,36,37)(H,39,40). The van der Waals surface area contributed by atoms with Gasteiger partial charge in [-0.1, -0.05) is 43.2 Å². The number of carboxylic acid groups (broad SMARTS) is 1. The van der Waals surface area contributed by atoms with Crippen molar-refractivity contribution in [2.45, 2.75) is 52.4 Å². The molecule has 3 heterocycles. The molecule has 212 valence electrons. The SMILES string of the molecule is CC1(C)CCC(CC2CCN(c3ccc(C(=O)O)c(Oc4cnc5[nH]ccc5c4)c3)CC2)=C(c2ccc(Cl)cc2)C1. The number of ether oxygens (including phenoxy) is 1. The van der Waals surface area contributed by atoms with Gasteiger partial charge in [0, 0.05) is 41.4 Å². The zero-order chi connectivity index (χ0) is 28.6. The Labute approximate surface area is 246 Å². The van der Waals surface area contributed by atoms with Crippen LogP contribution in [-0.4, -0.2) is 34.1 Å². The van der Waals surface area contributed by atoms with E-state index in [-0.39, 0.29) is 5.56 Å². The van der Waals surface area contributed by atoms with Gasteiger partial charge < -0.3 is 19.7 Å². The van der Waals surface area contributed by atoms with E-state index in [0.717, 1.165) is 66.9 Å². The summed E-state index contributed by atoms with van der Waals surface area (Å²) in [6.07, 6.45) is 10.3. The molecule has 1 aliphatic carbocycles. The molecule has 0 bridgehead atoms. The summed E-state index contributed by atoms with van der Waals surface area (Å²) in [5, 5.41) is 11.5. The molecule has 2 aromatic heterocycles. The Kier molecular flexibility index (Phi) is 7.52. The predicted octanol–water partition coefficient (Wildman–Crippen LogP) is 8.98. The number of nitrogens with one attached hydrogen (secondary N) is 1. The van der Waals surface area contributed by atoms with E-state index >= 15 is 0 Å². The number of carboxylic acids is 1. The van der Waals surface area contributed by atoms with Crippen molar-refractivity contribution in [3.8, 4) is 11.5 Å². The van der Waals surface area contributed by atoms with Gasteiger partial charge in [-0.05, 0) is 97.4 Å². The topological polar surface area (TPSA) is 78.5 Å². The second kappa shape index (κ2) is 11.2. The molecular weight excluding hydrogens is 534 g/mol. The number of rotatable bonds is 7. The Balaban J connectivity index is 1.17. The fraction of sp³-hybridized carbons (Fsp3) is 0.353. The van der Waals surface area contributed by atoms with Crippen LogP contribution in [0, 0.1) is 11.3 Å². The van der Waals surface area contributed by atoms with Crippen LogP contribution in [0.4, 0.5) is 5.69 Å². The maximum atomic E-state index is 12.0. The number of nitrogens with zero attached hydrogens (tertiary/aromatic N) is 2. The van der Waals surface area contributed by atoms with Crippen LogP contribution in [0.3, 0.4) is 0 Å². The number of H-pyrrole nitrogens is 1. The Morgan fingerprint density at radius 1 is 1.12 bits per heavy atom. The first-order valence-electron chi connectivity index (χ1n) is 14.4. The molecule has 6 nitrogen and oxygen atoms in total. The van der Waals surface area contributed by atoms with Crippen molar-refractivity contribution in [3.63, 3.8) is 0 Å². The van der Waals surface area contributed by atoms with Crippen molar-refractivity contribution in [1.82, 2.24) is 9.97 Å². The van der Waals surface area contributed by atoms with Gasteiger partial charge in [0.2, 0.25) is 0 Å². The Hall–Kier alpha value is -3.77. The molecule has 7 heteroatoms. The van der Waals surface area contributed by atoms with Crippen LogP contribution in [0.2, 0.25) is 5.02 Å². The summed E-state index contributed by atoms with van der Waals surface area (Å²) < 4.78 is 6.08. The number of halogens is 1. The van der Waals surface area contributed by atoms with E-state index in [1.165, 1.54) is 17.6 Å². The molecule has 41 heavy (non-hydrogen) atoms. The molecule has 2 aromatic carbocycles. The summed E-state index contributed by atoms with van der Waals surface area (Å²) >= 11 is 6.19. The number of aromatic carboxylic acids is 1. The summed E-state index contributed by atoms with van der Waals surface area (Å²) in [6, 6.07) is 17.5. The van der Waals surface area contributed by atoms with Crippen molar-refractivity contribution < 1.29 is 14.6 Å². The minimum absolute atomic E-state index is 0.139. The molecular formula is C34H36ClN3O3. The van der Waals surface area contributed by atoms with Gasteiger partial charge in [0.15, 0.2) is 0 Å². The van der Waals surface area contributed by atoms with Crippen LogP contribution in [0.5, 0.6) is 11.5 Å². The molecule has 1 aliphatic heterocycles. The summed E-state index contributed by atoms with van der Waals surface area (Å²) in [7, 11) is 0. The van der Waals surface area contributed by atoms with Gasteiger partial charge in [-0.15, -0.1) is 0 Å². The number of benzene rings is 2. The van der Waals surface area contributed by atoms with Crippen molar-refractivity contribution >= 4 is 39.9 Å². The number of anilines is 1.